The third-order valence-corrected chi connectivity index (χ3v) is 4.80. The smallest absolute Gasteiger partial charge is 0.311 e. The third-order valence-electron chi connectivity index (χ3n) is 4.00. The van der Waals surface area contributed by atoms with Gasteiger partial charge in [0.05, 0.1) is 38.7 Å². The van der Waals surface area contributed by atoms with Crippen molar-refractivity contribution in [1.29, 1.82) is 0 Å². The second kappa shape index (κ2) is 12.8. The standard InChI is InChI=1S/C21H29N3O4S/c1-4-6-7-8-11-28-18-10-9-16(12-19(18)26-3)14-22-24-21-23-17(15-29-21)13-20(25)27-5-2/h9-10,12,14-15H,4-8,11,13H2,1-3H3,(H,23,24)/b22-14-. The first-order valence-corrected chi connectivity index (χ1v) is 10.7. The maximum atomic E-state index is 11.5. The molecule has 0 spiro atoms. The van der Waals surface area contributed by atoms with Crippen LogP contribution < -0.4 is 14.9 Å². The van der Waals surface area contributed by atoms with E-state index in [0.29, 0.717) is 29.8 Å². The number of aromatic nitrogens is 1. The van der Waals surface area contributed by atoms with Crippen molar-refractivity contribution in [3.8, 4) is 11.5 Å². The summed E-state index contributed by atoms with van der Waals surface area (Å²) in [5, 5.41) is 6.62. The van der Waals surface area contributed by atoms with Gasteiger partial charge in [-0.3, -0.25) is 10.2 Å². The van der Waals surface area contributed by atoms with E-state index < -0.39 is 0 Å². The predicted molar refractivity (Wildman–Crippen MR) is 116 cm³/mol. The van der Waals surface area contributed by atoms with Gasteiger partial charge in [-0.2, -0.15) is 5.10 Å². The number of nitrogens with one attached hydrogen (secondary N) is 1. The Kier molecular flexibility index (Phi) is 9.99. The molecule has 0 bridgehead atoms. The summed E-state index contributed by atoms with van der Waals surface area (Å²) < 4.78 is 16.2. The maximum Gasteiger partial charge on any atom is 0.311 e. The van der Waals surface area contributed by atoms with Gasteiger partial charge in [0, 0.05) is 5.38 Å². The number of nitrogens with zero attached hydrogens (tertiary/aromatic N) is 2. The molecular formula is C21H29N3O4S. The van der Waals surface area contributed by atoms with Crippen LogP contribution in [0.1, 0.15) is 50.8 Å². The van der Waals surface area contributed by atoms with Crippen molar-refractivity contribution in [3.05, 3.63) is 34.8 Å². The molecule has 0 saturated carbocycles. The lowest BCUT2D eigenvalue weighted by Crippen LogP contribution is -2.07. The van der Waals surface area contributed by atoms with Crippen molar-refractivity contribution in [2.24, 2.45) is 5.10 Å². The van der Waals surface area contributed by atoms with Crippen molar-refractivity contribution in [2.45, 2.75) is 46.0 Å². The summed E-state index contributed by atoms with van der Waals surface area (Å²) in [6.45, 7) is 5.02. The predicted octanol–water partition coefficient (Wildman–Crippen LogP) is 4.66. The van der Waals surface area contributed by atoms with E-state index in [1.165, 1.54) is 30.6 Å². The number of esters is 1. The van der Waals surface area contributed by atoms with Gasteiger partial charge in [0.15, 0.2) is 11.5 Å². The molecule has 0 aliphatic rings. The maximum absolute atomic E-state index is 11.5. The van der Waals surface area contributed by atoms with Gasteiger partial charge in [-0.25, -0.2) is 4.98 Å². The van der Waals surface area contributed by atoms with Gasteiger partial charge in [0.25, 0.3) is 0 Å². The van der Waals surface area contributed by atoms with E-state index in [9.17, 15) is 4.79 Å². The van der Waals surface area contributed by atoms with Crippen LogP contribution in [0.4, 0.5) is 5.13 Å². The molecule has 0 aliphatic heterocycles. The molecule has 158 valence electrons. The average Bonchev–Trinajstić information content (AvgIpc) is 3.15. The van der Waals surface area contributed by atoms with Crippen LogP contribution in [-0.2, 0) is 16.0 Å². The molecule has 8 heteroatoms. The van der Waals surface area contributed by atoms with E-state index in [1.807, 2.05) is 23.6 Å². The molecule has 0 aliphatic carbocycles. The van der Waals surface area contributed by atoms with Crippen LogP contribution >= 0.6 is 11.3 Å². The monoisotopic (exact) mass is 419 g/mol. The second-order valence-corrected chi connectivity index (χ2v) is 7.17. The fourth-order valence-corrected chi connectivity index (χ4v) is 3.22. The molecule has 0 amide bonds. The van der Waals surface area contributed by atoms with Gasteiger partial charge in [0.2, 0.25) is 5.13 Å². The van der Waals surface area contributed by atoms with Gasteiger partial charge < -0.3 is 14.2 Å². The fraction of sp³-hybridized carbons (Fsp3) is 0.476. The number of carbonyl (C=O) groups excluding carboxylic acids is 1. The number of carbonyl (C=O) groups is 1. The summed E-state index contributed by atoms with van der Waals surface area (Å²) in [6, 6.07) is 5.69. The molecule has 0 fully saturated rings. The number of methoxy groups -OCH3 is 1. The second-order valence-electron chi connectivity index (χ2n) is 6.32. The third kappa shape index (κ3) is 8.11. The quantitative estimate of drug-likeness (QED) is 0.220. The first-order chi connectivity index (χ1) is 14.2. The minimum atomic E-state index is -0.285. The Morgan fingerprint density at radius 1 is 1.24 bits per heavy atom. The van der Waals surface area contributed by atoms with Crippen LogP contribution in [-0.4, -0.2) is 37.5 Å². The number of hydrazone groups is 1. The van der Waals surface area contributed by atoms with E-state index in [1.54, 1.807) is 20.2 Å². The summed E-state index contributed by atoms with van der Waals surface area (Å²) >= 11 is 1.38. The Morgan fingerprint density at radius 2 is 2.10 bits per heavy atom. The van der Waals surface area contributed by atoms with Gasteiger partial charge >= 0.3 is 5.97 Å². The highest BCUT2D eigenvalue weighted by molar-refractivity contribution is 7.13. The molecule has 0 atom stereocenters. The molecule has 0 radical (unpaired) electrons. The van der Waals surface area contributed by atoms with Crippen molar-refractivity contribution >= 4 is 28.7 Å². The van der Waals surface area contributed by atoms with Crippen LogP contribution in [0.2, 0.25) is 0 Å². The van der Waals surface area contributed by atoms with Crippen LogP contribution in [0.15, 0.2) is 28.7 Å². The summed E-state index contributed by atoms with van der Waals surface area (Å²) in [5.41, 5.74) is 4.41. The highest BCUT2D eigenvalue weighted by Gasteiger charge is 2.08. The van der Waals surface area contributed by atoms with Crippen molar-refractivity contribution in [3.63, 3.8) is 0 Å². The summed E-state index contributed by atoms with van der Waals surface area (Å²) in [4.78, 5) is 15.8. The number of hydrogen-bond acceptors (Lipinski definition) is 8. The molecule has 29 heavy (non-hydrogen) atoms. The molecule has 2 rings (SSSR count). The van der Waals surface area contributed by atoms with Gasteiger partial charge in [-0.15, -0.1) is 11.3 Å². The van der Waals surface area contributed by atoms with E-state index >= 15 is 0 Å². The number of thiazole rings is 1. The Labute approximate surface area is 176 Å². The van der Waals surface area contributed by atoms with Crippen molar-refractivity contribution in [1.82, 2.24) is 4.98 Å². The van der Waals surface area contributed by atoms with E-state index in [0.717, 1.165) is 17.7 Å². The van der Waals surface area contributed by atoms with Crippen LogP contribution in [0.3, 0.4) is 0 Å². The first-order valence-electron chi connectivity index (χ1n) is 9.86. The summed E-state index contributed by atoms with van der Waals surface area (Å²) in [6.07, 6.45) is 6.49. The lowest BCUT2D eigenvalue weighted by molar-refractivity contribution is -0.142. The van der Waals surface area contributed by atoms with Crippen molar-refractivity contribution in [2.75, 3.05) is 25.7 Å². The molecule has 1 aromatic carbocycles. The average molecular weight is 420 g/mol. The Morgan fingerprint density at radius 3 is 2.86 bits per heavy atom. The van der Waals surface area contributed by atoms with Gasteiger partial charge in [0.1, 0.15) is 0 Å². The van der Waals surface area contributed by atoms with Crippen LogP contribution in [0.25, 0.3) is 0 Å². The van der Waals surface area contributed by atoms with Gasteiger partial charge in [-0.1, -0.05) is 26.2 Å². The molecule has 7 nitrogen and oxygen atoms in total. The lowest BCUT2D eigenvalue weighted by Gasteiger charge is -2.11. The minimum absolute atomic E-state index is 0.160. The molecule has 1 heterocycles. The Balaban J connectivity index is 1.87. The molecule has 0 unspecified atom stereocenters. The van der Waals surface area contributed by atoms with E-state index in [2.05, 4.69) is 22.4 Å². The molecule has 2 aromatic rings. The number of unbranched alkanes of at least 4 members (excludes halogenated alkanes) is 3. The minimum Gasteiger partial charge on any atom is -0.493 e. The zero-order valence-electron chi connectivity index (χ0n) is 17.3. The highest BCUT2D eigenvalue weighted by Crippen LogP contribution is 2.28. The van der Waals surface area contributed by atoms with Crippen LogP contribution in [0, 0.1) is 0 Å². The van der Waals surface area contributed by atoms with E-state index in [4.69, 9.17) is 14.2 Å². The number of benzene rings is 1. The largest absolute Gasteiger partial charge is 0.493 e. The topological polar surface area (TPSA) is 82.0 Å². The zero-order chi connectivity index (χ0) is 20.9. The van der Waals surface area contributed by atoms with Gasteiger partial charge in [-0.05, 0) is 37.1 Å². The Hall–Kier alpha value is -2.61. The highest BCUT2D eigenvalue weighted by atomic mass is 32.1. The SMILES string of the molecule is CCCCCCOc1ccc(/C=N\Nc2nc(CC(=O)OCC)cs2)cc1OC. The Bertz CT molecular complexity index is 792. The fourth-order valence-electron chi connectivity index (χ4n) is 2.56. The first kappa shape index (κ1) is 22.7. The number of ether oxygens (including phenoxy) is 3. The summed E-state index contributed by atoms with van der Waals surface area (Å²) in [7, 11) is 1.62. The molecule has 1 N–H and O–H groups in total. The number of rotatable bonds is 13. The summed E-state index contributed by atoms with van der Waals surface area (Å²) in [5.74, 6) is 1.13. The van der Waals surface area contributed by atoms with Crippen molar-refractivity contribution < 1.29 is 19.0 Å². The zero-order valence-corrected chi connectivity index (χ0v) is 18.1. The number of hydrogen-bond donors (Lipinski definition) is 1. The lowest BCUT2D eigenvalue weighted by atomic mass is 10.2. The number of anilines is 1. The molecule has 0 saturated heterocycles. The molecule has 1 aromatic heterocycles. The van der Waals surface area contributed by atoms with E-state index in [-0.39, 0.29) is 12.4 Å². The molecular weight excluding hydrogens is 390 g/mol. The normalized spacial score (nSPS) is 10.9. The van der Waals surface area contributed by atoms with Crippen LogP contribution in [0.5, 0.6) is 11.5 Å².